The number of phenols is 1. The Morgan fingerprint density at radius 1 is 1.38 bits per heavy atom. The summed E-state index contributed by atoms with van der Waals surface area (Å²) in [6.07, 6.45) is 1.34. The summed E-state index contributed by atoms with van der Waals surface area (Å²) < 4.78 is 5.89. The van der Waals surface area contributed by atoms with Crippen molar-refractivity contribution in [3.05, 3.63) is 56.7 Å². The van der Waals surface area contributed by atoms with Crippen LogP contribution in [0.5, 0.6) is 11.5 Å². The molecule has 122 valence electrons. The largest absolute Gasteiger partial charge is 0.504 e. The molecule has 0 spiro atoms. The number of carbonyl (C=O) groups excluding carboxylic acids is 1. The Labute approximate surface area is 153 Å². The molecule has 0 bridgehead atoms. The number of aromatic hydroxyl groups is 1. The number of amides is 1. The first-order valence-electron chi connectivity index (χ1n) is 7.01. The van der Waals surface area contributed by atoms with Crippen LogP contribution in [0.1, 0.15) is 11.1 Å². The highest BCUT2D eigenvalue weighted by atomic mass is 127. The Kier molecular flexibility index (Phi) is 5.82. The van der Waals surface area contributed by atoms with Crippen molar-refractivity contribution < 1.29 is 14.6 Å². The summed E-state index contributed by atoms with van der Waals surface area (Å²) in [5.41, 5.74) is 1.83. The van der Waals surface area contributed by atoms with E-state index in [9.17, 15) is 15.2 Å². The Morgan fingerprint density at radius 3 is 2.75 bits per heavy atom. The molecule has 0 aliphatic carbocycles. The molecule has 0 saturated heterocycles. The lowest BCUT2D eigenvalue weighted by Gasteiger charge is -2.08. The summed E-state index contributed by atoms with van der Waals surface area (Å²) >= 11 is 2.07. The summed E-state index contributed by atoms with van der Waals surface area (Å²) in [7, 11) is 1.44. The molecule has 2 rings (SSSR count). The van der Waals surface area contributed by atoms with Gasteiger partial charge in [0.1, 0.15) is 11.6 Å². The number of halogens is 1. The van der Waals surface area contributed by atoms with Crippen LogP contribution in [0.4, 0.5) is 5.69 Å². The Morgan fingerprint density at radius 2 is 2.12 bits per heavy atom. The molecule has 0 heterocycles. The Bertz CT molecular complexity index is 854. The van der Waals surface area contributed by atoms with Crippen LogP contribution in [-0.2, 0) is 4.79 Å². The second-order valence-corrected chi connectivity index (χ2v) is 6.28. The number of hydrogen-bond donors (Lipinski definition) is 2. The first-order valence-corrected chi connectivity index (χ1v) is 8.08. The minimum absolute atomic E-state index is 0.115. The number of rotatable bonds is 4. The van der Waals surface area contributed by atoms with Gasteiger partial charge < -0.3 is 15.2 Å². The third-order valence-electron chi connectivity index (χ3n) is 3.23. The molecule has 2 aromatic carbocycles. The van der Waals surface area contributed by atoms with Crippen molar-refractivity contribution in [3.8, 4) is 17.6 Å². The van der Waals surface area contributed by atoms with Crippen LogP contribution in [0, 0.1) is 21.8 Å². The molecular formula is C18H15IN2O3. The molecule has 0 atom stereocenters. The molecular weight excluding hydrogens is 419 g/mol. The average molecular weight is 434 g/mol. The van der Waals surface area contributed by atoms with Crippen LogP contribution in [0.3, 0.4) is 0 Å². The third-order valence-corrected chi connectivity index (χ3v) is 3.85. The van der Waals surface area contributed by atoms with E-state index >= 15 is 0 Å². The molecule has 2 aromatic rings. The third kappa shape index (κ3) is 4.26. The summed E-state index contributed by atoms with van der Waals surface area (Å²) in [6.45, 7) is 1.91. The number of ether oxygens (including phenoxy) is 1. The SMILES string of the molecule is COc1cc(I)cc(/C=C(/C#N)C(=O)Nc2cccc(C)c2)c1O. The average Bonchev–Trinajstić information content (AvgIpc) is 2.55. The molecule has 0 aromatic heterocycles. The van der Waals surface area contributed by atoms with Gasteiger partial charge in [-0.1, -0.05) is 12.1 Å². The summed E-state index contributed by atoms with van der Waals surface area (Å²) in [5, 5.41) is 22.1. The van der Waals surface area contributed by atoms with Gasteiger partial charge in [0.05, 0.1) is 7.11 Å². The highest BCUT2D eigenvalue weighted by molar-refractivity contribution is 14.1. The highest BCUT2D eigenvalue weighted by Gasteiger charge is 2.13. The molecule has 0 radical (unpaired) electrons. The minimum atomic E-state index is -0.541. The van der Waals surface area contributed by atoms with Crippen molar-refractivity contribution >= 4 is 40.3 Å². The number of methoxy groups -OCH3 is 1. The van der Waals surface area contributed by atoms with E-state index in [4.69, 9.17) is 4.74 Å². The minimum Gasteiger partial charge on any atom is -0.504 e. The van der Waals surface area contributed by atoms with Gasteiger partial charge in [-0.3, -0.25) is 4.79 Å². The van der Waals surface area contributed by atoms with Gasteiger partial charge in [0.2, 0.25) is 0 Å². The van der Waals surface area contributed by atoms with Crippen LogP contribution in [0.15, 0.2) is 42.0 Å². The van der Waals surface area contributed by atoms with Crippen molar-refractivity contribution in [3.63, 3.8) is 0 Å². The van der Waals surface area contributed by atoms with E-state index in [0.717, 1.165) is 9.13 Å². The van der Waals surface area contributed by atoms with Gasteiger partial charge in [0.15, 0.2) is 11.5 Å². The zero-order chi connectivity index (χ0) is 17.7. The normalized spacial score (nSPS) is 10.8. The van der Waals surface area contributed by atoms with Gasteiger partial charge in [0.25, 0.3) is 5.91 Å². The van der Waals surface area contributed by atoms with Crippen molar-refractivity contribution in [2.45, 2.75) is 6.92 Å². The molecule has 0 unspecified atom stereocenters. The first-order chi connectivity index (χ1) is 11.4. The Balaban J connectivity index is 2.34. The van der Waals surface area contributed by atoms with Gasteiger partial charge in [-0.15, -0.1) is 0 Å². The highest BCUT2D eigenvalue weighted by Crippen LogP contribution is 2.33. The van der Waals surface area contributed by atoms with E-state index in [1.807, 2.05) is 25.1 Å². The molecule has 24 heavy (non-hydrogen) atoms. The van der Waals surface area contributed by atoms with E-state index in [0.29, 0.717) is 11.3 Å². The topological polar surface area (TPSA) is 82.3 Å². The molecule has 0 fully saturated rings. The number of nitrogens with one attached hydrogen (secondary N) is 1. The lowest BCUT2D eigenvalue weighted by atomic mass is 10.1. The second-order valence-electron chi connectivity index (χ2n) is 5.04. The number of phenolic OH excluding ortho intramolecular Hbond substituents is 1. The van der Waals surface area contributed by atoms with Gasteiger partial charge in [-0.05, 0) is 65.4 Å². The van der Waals surface area contributed by atoms with E-state index in [2.05, 4.69) is 27.9 Å². The van der Waals surface area contributed by atoms with Gasteiger partial charge in [-0.2, -0.15) is 5.26 Å². The number of aryl methyl sites for hydroxylation is 1. The molecule has 0 saturated carbocycles. The fourth-order valence-corrected chi connectivity index (χ4v) is 2.70. The van der Waals surface area contributed by atoms with E-state index in [-0.39, 0.29) is 17.1 Å². The molecule has 2 N–H and O–H groups in total. The summed E-state index contributed by atoms with van der Waals surface area (Å²) in [5.74, 6) is -0.376. The zero-order valence-corrected chi connectivity index (χ0v) is 15.3. The number of nitriles is 1. The van der Waals surface area contributed by atoms with Crippen LogP contribution >= 0.6 is 22.6 Å². The second kappa shape index (κ2) is 7.84. The lowest BCUT2D eigenvalue weighted by molar-refractivity contribution is -0.112. The smallest absolute Gasteiger partial charge is 0.266 e. The van der Waals surface area contributed by atoms with Crippen molar-refractivity contribution in [1.29, 1.82) is 5.26 Å². The van der Waals surface area contributed by atoms with Crippen molar-refractivity contribution in [1.82, 2.24) is 0 Å². The number of anilines is 1. The summed E-state index contributed by atoms with van der Waals surface area (Å²) in [4.78, 5) is 12.3. The first kappa shape index (κ1) is 17.8. The fourth-order valence-electron chi connectivity index (χ4n) is 2.09. The molecule has 5 nitrogen and oxygen atoms in total. The van der Waals surface area contributed by atoms with E-state index < -0.39 is 5.91 Å². The molecule has 6 heteroatoms. The number of nitrogens with zero attached hydrogens (tertiary/aromatic N) is 1. The Hall–Kier alpha value is -2.53. The standard InChI is InChI=1S/C18H15IN2O3/c1-11-4-3-5-15(6-11)21-18(23)13(10-20)7-12-8-14(19)9-16(24-2)17(12)22/h3-9,22H,1-2H3,(H,21,23)/b13-7-. The lowest BCUT2D eigenvalue weighted by Crippen LogP contribution is -2.13. The monoisotopic (exact) mass is 434 g/mol. The molecule has 0 aliphatic heterocycles. The van der Waals surface area contributed by atoms with Crippen LogP contribution in [-0.4, -0.2) is 18.1 Å². The predicted octanol–water partition coefficient (Wildman–Crippen LogP) is 3.86. The van der Waals surface area contributed by atoms with Crippen LogP contribution in [0.25, 0.3) is 6.08 Å². The van der Waals surface area contributed by atoms with Crippen LogP contribution in [0.2, 0.25) is 0 Å². The maximum Gasteiger partial charge on any atom is 0.266 e. The van der Waals surface area contributed by atoms with Gasteiger partial charge in [-0.25, -0.2) is 0 Å². The maximum atomic E-state index is 12.3. The van der Waals surface area contributed by atoms with Crippen molar-refractivity contribution in [2.24, 2.45) is 0 Å². The van der Waals surface area contributed by atoms with Crippen LogP contribution < -0.4 is 10.1 Å². The van der Waals surface area contributed by atoms with Gasteiger partial charge >= 0.3 is 0 Å². The predicted molar refractivity (Wildman–Crippen MR) is 101 cm³/mol. The summed E-state index contributed by atoms with van der Waals surface area (Å²) in [6, 6.07) is 12.5. The fraction of sp³-hybridized carbons (Fsp3) is 0.111. The quantitative estimate of drug-likeness (QED) is 0.435. The molecule has 0 aliphatic rings. The van der Waals surface area contributed by atoms with Crippen molar-refractivity contribution in [2.75, 3.05) is 12.4 Å². The molecule has 1 amide bonds. The number of hydrogen-bond acceptors (Lipinski definition) is 4. The number of carbonyl (C=O) groups is 1. The van der Waals surface area contributed by atoms with E-state index in [1.54, 1.807) is 24.3 Å². The zero-order valence-electron chi connectivity index (χ0n) is 13.1. The van der Waals surface area contributed by atoms with E-state index in [1.165, 1.54) is 13.2 Å². The van der Waals surface area contributed by atoms with Gasteiger partial charge in [0, 0.05) is 14.8 Å². The maximum absolute atomic E-state index is 12.3. The number of benzene rings is 2.